The average Bonchev–Trinajstić information content (AvgIpc) is 2.92. The third-order valence-electron chi connectivity index (χ3n) is 4.94. The Balaban J connectivity index is 1.98. The summed E-state index contributed by atoms with van der Waals surface area (Å²) in [6.07, 6.45) is 4.78. The van der Waals surface area contributed by atoms with Crippen molar-refractivity contribution in [2.24, 2.45) is 0 Å². The highest BCUT2D eigenvalue weighted by molar-refractivity contribution is 9.13. The normalized spacial score (nSPS) is 19.4. The molecule has 0 amide bonds. The smallest absolute Gasteiger partial charge is 0.113 e. The SMILES string of the molecule is Cc1c(Br)c(Br)c2c3c1nc(C1CCNCC1)n3CCC2. The van der Waals surface area contributed by atoms with Gasteiger partial charge in [-0.2, -0.15) is 0 Å². The monoisotopic (exact) mass is 411 g/mol. The maximum absolute atomic E-state index is 5.09. The molecule has 0 spiro atoms. The van der Waals surface area contributed by atoms with Crippen LogP contribution in [0.5, 0.6) is 0 Å². The number of imidazole rings is 1. The Morgan fingerprint density at radius 2 is 1.95 bits per heavy atom. The lowest BCUT2D eigenvalue weighted by Gasteiger charge is -2.25. The van der Waals surface area contributed by atoms with Crippen molar-refractivity contribution in [2.75, 3.05) is 13.1 Å². The molecule has 1 fully saturated rings. The van der Waals surface area contributed by atoms with Crippen molar-refractivity contribution in [3.05, 3.63) is 25.9 Å². The third kappa shape index (κ3) is 2.12. The number of nitrogens with one attached hydrogen (secondary N) is 1. The van der Waals surface area contributed by atoms with Crippen molar-refractivity contribution >= 4 is 42.9 Å². The van der Waals surface area contributed by atoms with Gasteiger partial charge < -0.3 is 9.88 Å². The highest BCUT2D eigenvalue weighted by atomic mass is 79.9. The van der Waals surface area contributed by atoms with Crippen LogP contribution in [-0.4, -0.2) is 22.6 Å². The number of aromatic nitrogens is 2. The van der Waals surface area contributed by atoms with Crippen molar-refractivity contribution in [1.29, 1.82) is 0 Å². The van der Waals surface area contributed by atoms with E-state index < -0.39 is 0 Å². The van der Waals surface area contributed by atoms with Gasteiger partial charge in [0.05, 0.1) is 11.0 Å². The van der Waals surface area contributed by atoms with Crippen LogP contribution in [0.25, 0.3) is 11.0 Å². The van der Waals surface area contributed by atoms with Gasteiger partial charge in [0.2, 0.25) is 0 Å². The molecule has 5 heteroatoms. The number of aryl methyl sites for hydroxylation is 3. The average molecular weight is 413 g/mol. The third-order valence-corrected chi connectivity index (χ3v) is 7.34. The Bertz CT molecular complexity index is 714. The quantitative estimate of drug-likeness (QED) is 0.757. The van der Waals surface area contributed by atoms with Gasteiger partial charge in [0.1, 0.15) is 5.82 Å². The molecule has 2 aromatic rings. The minimum atomic E-state index is 0.613. The molecular formula is C16H19Br2N3. The van der Waals surface area contributed by atoms with Gasteiger partial charge in [-0.3, -0.25) is 0 Å². The van der Waals surface area contributed by atoms with Gasteiger partial charge in [-0.05, 0) is 88.7 Å². The topological polar surface area (TPSA) is 29.9 Å². The number of benzene rings is 1. The Kier molecular flexibility index (Phi) is 3.63. The molecule has 0 atom stereocenters. The lowest BCUT2D eigenvalue weighted by molar-refractivity contribution is 0.428. The van der Waals surface area contributed by atoms with E-state index in [9.17, 15) is 0 Å². The Morgan fingerprint density at radius 1 is 1.19 bits per heavy atom. The summed E-state index contributed by atoms with van der Waals surface area (Å²) in [7, 11) is 0. The zero-order valence-electron chi connectivity index (χ0n) is 12.2. The number of hydrogen-bond acceptors (Lipinski definition) is 2. The van der Waals surface area contributed by atoms with Gasteiger partial charge >= 0.3 is 0 Å². The van der Waals surface area contributed by atoms with E-state index in [1.165, 1.54) is 56.2 Å². The van der Waals surface area contributed by atoms with Crippen molar-refractivity contribution < 1.29 is 0 Å². The first-order chi connectivity index (χ1) is 10.2. The molecule has 0 saturated carbocycles. The minimum Gasteiger partial charge on any atom is -0.327 e. The second-order valence-corrected chi connectivity index (χ2v) is 7.76. The predicted molar refractivity (Wildman–Crippen MR) is 93.0 cm³/mol. The molecule has 3 heterocycles. The molecule has 0 radical (unpaired) electrons. The lowest BCUT2D eigenvalue weighted by atomic mass is 9.96. The lowest BCUT2D eigenvalue weighted by Crippen LogP contribution is -2.28. The molecule has 3 nitrogen and oxygen atoms in total. The molecule has 112 valence electrons. The van der Waals surface area contributed by atoms with Gasteiger partial charge in [0.25, 0.3) is 0 Å². The first-order valence-electron chi connectivity index (χ1n) is 7.75. The Hall–Kier alpha value is -0.390. The standard InChI is InChI=1S/C16H19Br2N3/c1-9-12(17)13(18)11-3-2-8-21-15(11)14(9)20-16(21)10-4-6-19-7-5-10/h10,19H,2-8H2,1H3. The molecule has 4 rings (SSSR count). The van der Waals surface area contributed by atoms with Crippen LogP contribution in [0.15, 0.2) is 8.95 Å². The van der Waals surface area contributed by atoms with E-state index in [0.29, 0.717) is 5.92 Å². The van der Waals surface area contributed by atoms with Crippen LogP contribution in [0, 0.1) is 6.92 Å². The highest BCUT2D eigenvalue weighted by Crippen LogP contribution is 2.41. The maximum Gasteiger partial charge on any atom is 0.113 e. The first kappa shape index (κ1) is 14.2. The molecule has 1 N–H and O–H groups in total. The van der Waals surface area contributed by atoms with E-state index in [4.69, 9.17) is 4.98 Å². The molecule has 2 aliphatic heterocycles. The van der Waals surface area contributed by atoms with E-state index in [1.54, 1.807) is 0 Å². The van der Waals surface area contributed by atoms with Crippen molar-refractivity contribution in [2.45, 2.75) is 45.1 Å². The van der Waals surface area contributed by atoms with Crippen LogP contribution in [0.1, 0.15) is 42.1 Å². The second-order valence-electron chi connectivity index (χ2n) is 6.18. The summed E-state index contributed by atoms with van der Waals surface area (Å²) >= 11 is 7.53. The molecule has 0 aliphatic carbocycles. The molecule has 1 aromatic carbocycles. The summed E-state index contributed by atoms with van der Waals surface area (Å²) < 4.78 is 4.91. The fourth-order valence-electron chi connectivity index (χ4n) is 3.80. The van der Waals surface area contributed by atoms with Crippen LogP contribution >= 0.6 is 31.9 Å². The molecule has 1 aromatic heterocycles. The summed E-state index contributed by atoms with van der Waals surface area (Å²) in [4.78, 5) is 5.09. The second kappa shape index (κ2) is 5.36. The van der Waals surface area contributed by atoms with Crippen molar-refractivity contribution in [3.63, 3.8) is 0 Å². The number of rotatable bonds is 1. The number of piperidine rings is 1. The highest BCUT2D eigenvalue weighted by Gasteiger charge is 2.28. The molecule has 21 heavy (non-hydrogen) atoms. The summed E-state index contributed by atoms with van der Waals surface area (Å²) in [6, 6.07) is 0. The molecule has 0 unspecified atom stereocenters. The number of nitrogens with zero attached hydrogens (tertiary/aromatic N) is 2. The van der Waals surface area contributed by atoms with Gasteiger partial charge in [-0.1, -0.05) is 0 Å². The van der Waals surface area contributed by atoms with Crippen molar-refractivity contribution in [1.82, 2.24) is 14.9 Å². The largest absolute Gasteiger partial charge is 0.327 e. The van der Waals surface area contributed by atoms with Gasteiger partial charge in [0.15, 0.2) is 0 Å². The van der Waals surface area contributed by atoms with E-state index in [1.807, 2.05) is 0 Å². The predicted octanol–water partition coefficient (Wildman–Crippen LogP) is 4.28. The fraction of sp³-hybridized carbons (Fsp3) is 0.562. The number of halogens is 2. The van der Waals surface area contributed by atoms with Gasteiger partial charge in [-0.25, -0.2) is 4.98 Å². The van der Waals surface area contributed by atoms with Crippen LogP contribution in [0.3, 0.4) is 0 Å². The zero-order valence-corrected chi connectivity index (χ0v) is 15.3. The Labute approximate surface area is 141 Å². The summed E-state index contributed by atoms with van der Waals surface area (Å²) in [5.41, 5.74) is 5.27. The molecule has 1 saturated heterocycles. The van der Waals surface area contributed by atoms with E-state index >= 15 is 0 Å². The van der Waals surface area contributed by atoms with E-state index in [-0.39, 0.29) is 0 Å². The van der Waals surface area contributed by atoms with E-state index in [2.05, 4.69) is 48.7 Å². The zero-order chi connectivity index (χ0) is 14.6. The van der Waals surface area contributed by atoms with Crippen LogP contribution in [-0.2, 0) is 13.0 Å². The summed E-state index contributed by atoms with van der Waals surface area (Å²) in [5, 5.41) is 3.46. The van der Waals surface area contributed by atoms with Crippen LogP contribution < -0.4 is 5.32 Å². The van der Waals surface area contributed by atoms with Gasteiger partial charge in [-0.15, -0.1) is 0 Å². The van der Waals surface area contributed by atoms with E-state index in [0.717, 1.165) is 26.1 Å². The number of hydrogen-bond donors (Lipinski definition) is 1. The summed E-state index contributed by atoms with van der Waals surface area (Å²) in [6.45, 7) is 5.53. The van der Waals surface area contributed by atoms with Crippen LogP contribution in [0.2, 0.25) is 0 Å². The summed E-state index contributed by atoms with van der Waals surface area (Å²) in [5.74, 6) is 1.93. The van der Waals surface area contributed by atoms with Crippen molar-refractivity contribution in [3.8, 4) is 0 Å². The molecule has 0 bridgehead atoms. The van der Waals surface area contributed by atoms with Crippen LogP contribution in [0.4, 0.5) is 0 Å². The molecular weight excluding hydrogens is 394 g/mol. The molecule has 2 aliphatic rings. The Morgan fingerprint density at radius 3 is 2.71 bits per heavy atom. The fourth-order valence-corrected chi connectivity index (χ4v) is 4.91. The van der Waals surface area contributed by atoms with Gasteiger partial charge in [0, 0.05) is 21.4 Å². The first-order valence-corrected chi connectivity index (χ1v) is 9.34. The maximum atomic E-state index is 5.09. The minimum absolute atomic E-state index is 0.613.